The molecule has 1 aliphatic rings. The van der Waals surface area contributed by atoms with Gasteiger partial charge < -0.3 is 0 Å². The summed E-state index contributed by atoms with van der Waals surface area (Å²) in [5.74, 6) is -2.16. The van der Waals surface area contributed by atoms with E-state index < -0.39 is 26.5 Å². The maximum absolute atomic E-state index is 10.8. The summed E-state index contributed by atoms with van der Waals surface area (Å²) in [5.41, 5.74) is 0. The van der Waals surface area contributed by atoms with Crippen molar-refractivity contribution >= 4 is 21.6 Å². The van der Waals surface area contributed by atoms with Crippen molar-refractivity contribution in [2.75, 3.05) is 0 Å². The van der Waals surface area contributed by atoms with Crippen LogP contribution in [0.5, 0.6) is 0 Å². The fraction of sp³-hybridized carbons (Fsp3) is 0. The number of sulfonamides is 1. The molecular formula is C6H3NO4S. The van der Waals surface area contributed by atoms with Crippen LogP contribution in [0, 0.1) is 0 Å². The highest BCUT2D eigenvalue weighted by Crippen LogP contribution is 2.10. The fourth-order valence-electron chi connectivity index (χ4n) is 0.699. The van der Waals surface area contributed by atoms with Crippen LogP contribution in [0.15, 0.2) is 23.1 Å². The molecule has 62 valence electrons. The first kappa shape index (κ1) is 8.82. The van der Waals surface area contributed by atoms with Gasteiger partial charge in [0.1, 0.15) is 4.91 Å². The van der Waals surface area contributed by atoms with Crippen LogP contribution < -0.4 is 5.14 Å². The summed E-state index contributed by atoms with van der Waals surface area (Å²) in [7, 11) is -4.57. The van der Waals surface area contributed by atoms with E-state index >= 15 is 0 Å². The van der Waals surface area contributed by atoms with Gasteiger partial charge in [0.05, 0.1) is 0 Å². The lowest BCUT2D eigenvalue weighted by Crippen LogP contribution is -2.22. The monoisotopic (exact) mass is 185 g/mol. The van der Waals surface area contributed by atoms with Crippen LogP contribution in [0.25, 0.3) is 0 Å². The fourth-order valence-corrected chi connectivity index (χ4v) is 1.28. The van der Waals surface area contributed by atoms with Gasteiger partial charge in [0.25, 0.3) is 10.0 Å². The van der Waals surface area contributed by atoms with Gasteiger partial charge in [-0.05, 0) is 12.2 Å². The zero-order valence-electron chi connectivity index (χ0n) is 5.72. The Morgan fingerprint density at radius 1 is 1.25 bits per heavy atom. The molecular weight excluding hydrogens is 182 g/mol. The molecule has 0 N–H and O–H groups in total. The van der Waals surface area contributed by atoms with Gasteiger partial charge in [0.2, 0.25) is 11.6 Å². The average Bonchev–Trinajstić information content (AvgIpc) is 1.92. The van der Waals surface area contributed by atoms with Gasteiger partial charge >= 0.3 is 0 Å². The molecule has 0 saturated heterocycles. The predicted molar refractivity (Wildman–Crippen MR) is 38.3 cm³/mol. The number of carbonyl (C=O) groups excluding carboxylic acids is 2. The summed E-state index contributed by atoms with van der Waals surface area (Å²) in [6.45, 7) is 0. The number of carbonyl (C=O) groups is 2. The van der Waals surface area contributed by atoms with Crippen molar-refractivity contribution < 1.29 is 18.0 Å². The quantitative estimate of drug-likeness (QED) is 0.386. The van der Waals surface area contributed by atoms with E-state index in [2.05, 4.69) is 0 Å². The number of ketones is 2. The number of hydrogen-bond donors (Lipinski definition) is 0. The molecule has 0 spiro atoms. The van der Waals surface area contributed by atoms with E-state index in [1.807, 2.05) is 0 Å². The lowest BCUT2D eigenvalue weighted by Gasteiger charge is -2.01. The highest BCUT2D eigenvalue weighted by molar-refractivity contribution is 7.93. The van der Waals surface area contributed by atoms with Crippen molar-refractivity contribution in [2.24, 2.45) is 0 Å². The molecule has 0 amide bonds. The molecule has 0 aromatic carbocycles. The minimum absolute atomic E-state index is 0.874. The van der Waals surface area contributed by atoms with Crippen LogP contribution in [-0.2, 0) is 19.6 Å². The first-order chi connectivity index (χ1) is 5.43. The molecule has 0 heterocycles. The Labute approximate surface area is 68.6 Å². The third kappa shape index (κ3) is 1.49. The molecule has 0 fully saturated rings. The third-order valence-corrected chi connectivity index (χ3v) is 2.10. The lowest BCUT2D eigenvalue weighted by molar-refractivity contribution is -0.131. The van der Waals surface area contributed by atoms with Crippen molar-refractivity contribution in [3.63, 3.8) is 0 Å². The second-order valence-corrected chi connectivity index (χ2v) is 3.45. The van der Waals surface area contributed by atoms with E-state index in [4.69, 9.17) is 5.14 Å². The molecule has 0 saturated carbocycles. The molecule has 1 aliphatic carbocycles. The first-order valence-electron chi connectivity index (χ1n) is 2.87. The number of Topliss-reactive ketones (excluding diaryl/α,β-unsaturated/α-hetero) is 1. The summed E-state index contributed by atoms with van der Waals surface area (Å²) in [6, 6.07) is 0. The van der Waals surface area contributed by atoms with Crippen LogP contribution in [0.2, 0.25) is 0 Å². The second kappa shape index (κ2) is 2.65. The standard InChI is InChI=1S/C6H3NO4S/c7-12(10,11)5-3-1-2-4(8)6(5)9/h1-3H. The summed E-state index contributed by atoms with van der Waals surface area (Å²) >= 11 is 0. The number of nitrogens with zero attached hydrogens (tertiary/aromatic N) is 1. The van der Waals surface area contributed by atoms with E-state index in [1.54, 1.807) is 0 Å². The highest BCUT2D eigenvalue weighted by atomic mass is 32.2. The molecule has 0 unspecified atom stereocenters. The van der Waals surface area contributed by atoms with Crippen molar-refractivity contribution in [1.29, 1.82) is 0 Å². The average molecular weight is 185 g/mol. The minimum Gasteiger partial charge on any atom is -0.286 e. The number of rotatable bonds is 1. The van der Waals surface area contributed by atoms with Crippen LogP contribution in [-0.4, -0.2) is 20.0 Å². The van der Waals surface area contributed by atoms with E-state index in [1.165, 1.54) is 0 Å². The molecule has 2 radical (unpaired) electrons. The van der Waals surface area contributed by atoms with Gasteiger partial charge in [-0.1, -0.05) is 6.08 Å². The van der Waals surface area contributed by atoms with Gasteiger partial charge in [0.15, 0.2) is 0 Å². The minimum atomic E-state index is -4.57. The molecule has 0 bridgehead atoms. The molecule has 6 heteroatoms. The Hall–Kier alpha value is -1.27. The lowest BCUT2D eigenvalue weighted by atomic mass is 10.1. The molecule has 1 rings (SSSR count). The zero-order valence-corrected chi connectivity index (χ0v) is 6.54. The Balaban J connectivity index is 3.25. The summed E-state index contributed by atoms with van der Waals surface area (Å²) in [6.07, 6.45) is 2.89. The van der Waals surface area contributed by atoms with Crippen molar-refractivity contribution in [1.82, 2.24) is 5.14 Å². The predicted octanol–water partition coefficient (Wildman–Crippen LogP) is -1.02. The van der Waals surface area contributed by atoms with Gasteiger partial charge in [-0.3, -0.25) is 9.59 Å². The molecule has 5 nitrogen and oxygen atoms in total. The maximum Gasteiger partial charge on any atom is 0.278 e. The highest BCUT2D eigenvalue weighted by Gasteiger charge is 2.28. The Morgan fingerprint density at radius 3 is 2.25 bits per heavy atom. The Kier molecular flexibility index (Phi) is 1.95. The SMILES string of the molecule is [N]S(=O)(=O)C1=CC=CC(=O)C1=O. The molecule has 0 aliphatic heterocycles. The van der Waals surface area contributed by atoms with E-state index in [0.29, 0.717) is 0 Å². The number of allylic oxidation sites excluding steroid dienone is 4. The normalized spacial score (nSPS) is 17.9. The first-order valence-corrected chi connectivity index (χ1v) is 4.31. The topological polar surface area (TPSA) is 90.6 Å². The molecule has 0 aromatic rings. The molecule has 0 atom stereocenters. The van der Waals surface area contributed by atoms with Gasteiger partial charge in [-0.25, -0.2) is 8.42 Å². The zero-order chi connectivity index (χ0) is 9.35. The van der Waals surface area contributed by atoms with Gasteiger partial charge in [-0.2, -0.15) is 0 Å². The molecule has 0 aromatic heterocycles. The van der Waals surface area contributed by atoms with Crippen molar-refractivity contribution in [3.8, 4) is 0 Å². The summed E-state index contributed by atoms with van der Waals surface area (Å²) in [4.78, 5) is 20.5. The van der Waals surface area contributed by atoms with Crippen molar-refractivity contribution in [2.45, 2.75) is 0 Å². The van der Waals surface area contributed by atoms with E-state index in [0.717, 1.165) is 18.2 Å². The number of hydrogen-bond acceptors (Lipinski definition) is 4. The smallest absolute Gasteiger partial charge is 0.278 e. The summed E-state index contributed by atoms with van der Waals surface area (Å²) < 4.78 is 20.8. The van der Waals surface area contributed by atoms with Crippen LogP contribution in [0.1, 0.15) is 0 Å². The van der Waals surface area contributed by atoms with Crippen LogP contribution in [0.3, 0.4) is 0 Å². The van der Waals surface area contributed by atoms with Gasteiger partial charge in [-0.15, -0.1) is 0 Å². The van der Waals surface area contributed by atoms with Crippen molar-refractivity contribution in [3.05, 3.63) is 23.1 Å². The largest absolute Gasteiger partial charge is 0.286 e. The van der Waals surface area contributed by atoms with E-state index in [-0.39, 0.29) is 0 Å². The van der Waals surface area contributed by atoms with Gasteiger partial charge in [0, 0.05) is 5.14 Å². The molecule has 12 heavy (non-hydrogen) atoms. The maximum atomic E-state index is 10.8. The van der Waals surface area contributed by atoms with Crippen LogP contribution >= 0.6 is 0 Å². The Morgan fingerprint density at radius 2 is 1.83 bits per heavy atom. The third-order valence-electron chi connectivity index (χ3n) is 1.22. The Bertz CT molecular complexity index is 401. The summed E-state index contributed by atoms with van der Waals surface area (Å²) in [5, 5.41) is 8.43. The van der Waals surface area contributed by atoms with E-state index in [9.17, 15) is 18.0 Å². The second-order valence-electron chi connectivity index (χ2n) is 2.06. The van der Waals surface area contributed by atoms with Crippen LogP contribution in [0.4, 0.5) is 0 Å².